The summed E-state index contributed by atoms with van der Waals surface area (Å²) < 4.78 is 0. The molecule has 0 aliphatic carbocycles. The van der Waals surface area contributed by atoms with Gasteiger partial charge in [-0.25, -0.2) is 0 Å². The monoisotopic (exact) mass is 185 g/mol. The van der Waals surface area contributed by atoms with Crippen LogP contribution in [-0.4, -0.2) is 5.11 Å². The van der Waals surface area contributed by atoms with E-state index in [1.807, 2.05) is 18.2 Å². The third-order valence-electron chi connectivity index (χ3n) is 2.03. The van der Waals surface area contributed by atoms with Crippen LogP contribution in [0.4, 0.5) is 5.69 Å². The summed E-state index contributed by atoms with van der Waals surface area (Å²) in [5, 5.41) is 14.7. The Hall–Kier alpha value is -2.19. The van der Waals surface area contributed by atoms with Crippen LogP contribution in [-0.2, 0) is 0 Å². The molecule has 2 aromatic rings. The number of hydrogen-bond donors (Lipinski definition) is 1. The van der Waals surface area contributed by atoms with Crippen molar-refractivity contribution in [2.75, 3.05) is 0 Å². The number of aromatic hydroxyl groups is 1. The fourth-order valence-electron chi connectivity index (χ4n) is 1.37. The predicted molar refractivity (Wildman–Crippen MR) is 54.4 cm³/mol. The van der Waals surface area contributed by atoms with E-state index < -0.39 is 0 Å². The van der Waals surface area contributed by atoms with Crippen LogP contribution < -0.4 is 0 Å². The van der Waals surface area contributed by atoms with Crippen LogP contribution in [0.5, 0.6) is 5.75 Å². The van der Waals surface area contributed by atoms with Gasteiger partial charge < -0.3 is 5.11 Å². The van der Waals surface area contributed by atoms with E-state index in [1.165, 1.54) is 0 Å². The van der Waals surface area contributed by atoms with Gasteiger partial charge in [-0.3, -0.25) is 0 Å². The van der Waals surface area contributed by atoms with Crippen molar-refractivity contribution in [3.05, 3.63) is 46.8 Å². The van der Waals surface area contributed by atoms with Crippen molar-refractivity contribution in [1.29, 1.82) is 0 Å². The van der Waals surface area contributed by atoms with E-state index in [0.29, 0.717) is 5.39 Å². The first-order valence-corrected chi connectivity index (χ1v) is 4.09. The molecule has 0 saturated heterocycles. The maximum Gasteiger partial charge on any atom is 0.132 e. The maximum absolute atomic E-state index is 9.72. The zero-order valence-corrected chi connectivity index (χ0v) is 7.25. The van der Waals surface area contributed by atoms with E-state index in [2.05, 4.69) is 10.0 Å². The van der Waals surface area contributed by atoms with Gasteiger partial charge in [0.1, 0.15) is 5.75 Å². The molecule has 4 nitrogen and oxygen atoms in total. The molecule has 14 heavy (non-hydrogen) atoms. The highest BCUT2D eigenvalue weighted by atomic mass is 16.3. The number of phenols is 1. The Labute approximate surface area is 80.0 Å². The number of phenolic OH excluding ortho intramolecular Hbond substituents is 1. The van der Waals surface area contributed by atoms with Crippen molar-refractivity contribution < 1.29 is 5.11 Å². The van der Waals surface area contributed by atoms with Crippen molar-refractivity contribution in [2.24, 2.45) is 5.11 Å². The standard InChI is InChI=1S/C10H7N3O/c11-13-12-9-6-5-7-3-1-2-4-8(7)10(9)14/h1-6,14H. The predicted octanol–water partition coefficient (Wildman–Crippen LogP) is 3.49. The van der Waals surface area contributed by atoms with Crippen molar-refractivity contribution >= 4 is 16.5 Å². The quantitative estimate of drug-likeness (QED) is 0.412. The highest BCUT2D eigenvalue weighted by Gasteiger charge is 2.03. The lowest BCUT2D eigenvalue weighted by atomic mass is 10.1. The first kappa shape index (κ1) is 8.41. The van der Waals surface area contributed by atoms with E-state index in [0.717, 1.165) is 5.39 Å². The molecular formula is C10H7N3O. The Morgan fingerprint density at radius 3 is 2.71 bits per heavy atom. The van der Waals surface area contributed by atoms with Gasteiger partial charge in [-0.15, -0.1) is 0 Å². The molecule has 0 aromatic heterocycles. The van der Waals surface area contributed by atoms with Gasteiger partial charge in [0.2, 0.25) is 0 Å². The highest BCUT2D eigenvalue weighted by Crippen LogP contribution is 2.34. The molecule has 1 N–H and O–H groups in total. The molecular weight excluding hydrogens is 178 g/mol. The van der Waals surface area contributed by atoms with Gasteiger partial charge in [0.25, 0.3) is 0 Å². The number of nitrogens with zero attached hydrogens (tertiary/aromatic N) is 3. The molecule has 0 atom stereocenters. The summed E-state index contributed by atoms with van der Waals surface area (Å²) in [6.45, 7) is 0. The average molecular weight is 185 g/mol. The number of rotatable bonds is 1. The van der Waals surface area contributed by atoms with Gasteiger partial charge in [-0.05, 0) is 17.0 Å². The lowest BCUT2D eigenvalue weighted by Gasteiger charge is -2.02. The van der Waals surface area contributed by atoms with Gasteiger partial charge in [0.05, 0.1) is 5.69 Å². The number of benzene rings is 2. The van der Waals surface area contributed by atoms with E-state index in [1.54, 1.807) is 18.2 Å². The van der Waals surface area contributed by atoms with Crippen LogP contribution in [0.2, 0.25) is 0 Å². The van der Waals surface area contributed by atoms with E-state index >= 15 is 0 Å². The zero-order valence-electron chi connectivity index (χ0n) is 7.25. The van der Waals surface area contributed by atoms with Gasteiger partial charge in [-0.2, -0.15) is 0 Å². The number of hydrogen-bond acceptors (Lipinski definition) is 2. The molecule has 4 heteroatoms. The molecule has 2 rings (SSSR count). The van der Waals surface area contributed by atoms with Gasteiger partial charge >= 0.3 is 0 Å². The summed E-state index contributed by atoms with van der Waals surface area (Å²) in [4.78, 5) is 2.64. The van der Waals surface area contributed by atoms with Crippen LogP contribution >= 0.6 is 0 Å². The SMILES string of the molecule is [N-]=[N+]=Nc1ccc2ccccc2c1O. The van der Waals surface area contributed by atoms with E-state index in [-0.39, 0.29) is 11.4 Å². The second-order valence-corrected chi connectivity index (χ2v) is 2.84. The Morgan fingerprint density at radius 1 is 1.14 bits per heavy atom. The molecule has 0 saturated carbocycles. The third kappa shape index (κ3) is 1.24. The second kappa shape index (κ2) is 3.28. The van der Waals surface area contributed by atoms with E-state index in [9.17, 15) is 5.11 Å². The van der Waals surface area contributed by atoms with Crippen molar-refractivity contribution in [3.63, 3.8) is 0 Å². The molecule has 0 aliphatic rings. The summed E-state index contributed by atoms with van der Waals surface area (Å²) in [6, 6.07) is 10.8. The summed E-state index contributed by atoms with van der Waals surface area (Å²) in [5.41, 5.74) is 8.52. The maximum atomic E-state index is 9.72. The molecule has 2 aromatic carbocycles. The first-order valence-electron chi connectivity index (χ1n) is 4.09. The van der Waals surface area contributed by atoms with Crippen molar-refractivity contribution in [2.45, 2.75) is 0 Å². The van der Waals surface area contributed by atoms with Crippen LogP contribution in [0, 0.1) is 0 Å². The Morgan fingerprint density at radius 2 is 1.93 bits per heavy atom. The van der Waals surface area contributed by atoms with Gasteiger partial charge in [-0.1, -0.05) is 35.4 Å². The average Bonchev–Trinajstić information content (AvgIpc) is 2.23. The van der Waals surface area contributed by atoms with Gasteiger partial charge in [0, 0.05) is 10.3 Å². The fraction of sp³-hybridized carbons (Fsp3) is 0. The number of fused-ring (bicyclic) bond motifs is 1. The summed E-state index contributed by atoms with van der Waals surface area (Å²) in [7, 11) is 0. The van der Waals surface area contributed by atoms with Crippen LogP contribution in [0.1, 0.15) is 0 Å². The summed E-state index contributed by atoms with van der Waals surface area (Å²) in [6.07, 6.45) is 0. The highest BCUT2D eigenvalue weighted by molar-refractivity contribution is 5.92. The molecule has 0 bridgehead atoms. The minimum Gasteiger partial charge on any atom is -0.507 e. The molecule has 0 radical (unpaired) electrons. The second-order valence-electron chi connectivity index (χ2n) is 2.84. The van der Waals surface area contributed by atoms with Crippen LogP contribution in [0.25, 0.3) is 21.2 Å². The lowest BCUT2D eigenvalue weighted by Crippen LogP contribution is -1.73. The minimum absolute atomic E-state index is 0.0286. The zero-order chi connectivity index (χ0) is 9.97. The smallest absolute Gasteiger partial charge is 0.132 e. The Bertz CT molecular complexity index is 530. The van der Waals surface area contributed by atoms with Crippen molar-refractivity contribution in [1.82, 2.24) is 0 Å². The largest absolute Gasteiger partial charge is 0.507 e. The molecule has 0 spiro atoms. The topological polar surface area (TPSA) is 69.0 Å². The molecule has 68 valence electrons. The summed E-state index contributed by atoms with van der Waals surface area (Å²) >= 11 is 0. The number of azide groups is 1. The normalized spacial score (nSPS) is 9.71. The van der Waals surface area contributed by atoms with Crippen molar-refractivity contribution in [3.8, 4) is 5.75 Å². The Balaban J connectivity index is 2.81. The Kier molecular flexibility index (Phi) is 1.97. The summed E-state index contributed by atoms with van der Waals surface area (Å²) in [5.74, 6) is 0.0286. The van der Waals surface area contributed by atoms with E-state index in [4.69, 9.17) is 5.53 Å². The lowest BCUT2D eigenvalue weighted by molar-refractivity contribution is 0.483. The van der Waals surface area contributed by atoms with Crippen LogP contribution in [0.15, 0.2) is 41.5 Å². The third-order valence-corrected chi connectivity index (χ3v) is 2.03. The molecule has 0 aliphatic heterocycles. The van der Waals surface area contributed by atoms with Gasteiger partial charge in [0.15, 0.2) is 0 Å². The first-order chi connectivity index (χ1) is 6.83. The molecule has 0 amide bonds. The fourth-order valence-corrected chi connectivity index (χ4v) is 1.37. The molecule has 0 unspecified atom stereocenters. The minimum atomic E-state index is 0.0286. The molecule has 0 fully saturated rings. The van der Waals surface area contributed by atoms with Crippen LogP contribution in [0.3, 0.4) is 0 Å². The molecule has 0 heterocycles.